The molecule has 0 spiro atoms. The summed E-state index contributed by atoms with van der Waals surface area (Å²) in [6.45, 7) is 8.16. The van der Waals surface area contributed by atoms with Gasteiger partial charge in [0.25, 0.3) is 0 Å². The largest absolute Gasteiger partial charge is 0.383 e. The molecule has 0 aromatic carbocycles. The minimum absolute atomic E-state index is 0.455. The van der Waals surface area contributed by atoms with Gasteiger partial charge in [-0.15, -0.1) is 0 Å². The normalized spacial score (nSPS) is 14.0. The van der Waals surface area contributed by atoms with Gasteiger partial charge in [-0.05, 0) is 25.7 Å². The predicted octanol–water partition coefficient (Wildman–Crippen LogP) is 1.62. The van der Waals surface area contributed by atoms with Crippen LogP contribution in [-0.4, -0.2) is 39.3 Å². The lowest BCUT2D eigenvalue weighted by Gasteiger charge is -2.18. The summed E-state index contributed by atoms with van der Waals surface area (Å²) in [6, 6.07) is 0.455. The number of aliphatic imine (C=N–C) groups is 1. The minimum atomic E-state index is 0.455. The van der Waals surface area contributed by atoms with E-state index in [1.165, 1.54) is 12.8 Å². The first-order chi connectivity index (χ1) is 7.60. The molecule has 0 aliphatic heterocycles. The van der Waals surface area contributed by atoms with Crippen LogP contribution in [0.4, 0.5) is 0 Å². The molecule has 0 saturated heterocycles. The Morgan fingerprint density at radius 1 is 1.25 bits per heavy atom. The van der Waals surface area contributed by atoms with Gasteiger partial charge in [0, 0.05) is 26.7 Å². The van der Waals surface area contributed by atoms with Crippen molar-refractivity contribution in [2.45, 2.75) is 39.7 Å². The fourth-order valence-corrected chi connectivity index (χ4v) is 1.36. The maximum Gasteiger partial charge on any atom is 0.191 e. The molecule has 0 radical (unpaired) electrons. The highest BCUT2D eigenvalue weighted by atomic mass is 16.5. The van der Waals surface area contributed by atoms with E-state index in [0.717, 1.165) is 18.4 Å². The number of methoxy groups -OCH3 is 1. The Morgan fingerprint density at radius 3 is 2.44 bits per heavy atom. The van der Waals surface area contributed by atoms with Gasteiger partial charge in [0.05, 0.1) is 6.61 Å². The fourth-order valence-electron chi connectivity index (χ4n) is 1.36. The van der Waals surface area contributed by atoms with Gasteiger partial charge in [-0.2, -0.15) is 0 Å². The van der Waals surface area contributed by atoms with Crippen molar-refractivity contribution in [2.24, 2.45) is 10.9 Å². The molecule has 0 aromatic heterocycles. The maximum absolute atomic E-state index is 4.98. The van der Waals surface area contributed by atoms with E-state index in [2.05, 4.69) is 36.4 Å². The number of hydrogen-bond acceptors (Lipinski definition) is 2. The Kier molecular flexibility index (Phi) is 9.00. The summed E-state index contributed by atoms with van der Waals surface area (Å²) in [5.74, 6) is 1.61. The van der Waals surface area contributed by atoms with Crippen molar-refractivity contribution in [1.29, 1.82) is 0 Å². The first kappa shape index (κ1) is 15.2. The third kappa shape index (κ3) is 8.53. The highest BCUT2D eigenvalue weighted by Crippen LogP contribution is 2.05. The molecule has 1 unspecified atom stereocenters. The molecule has 0 aromatic rings. The molecular formula is C12H27N3O. The molecule has 0 amide bonds. The molecule has 0 saturated carbocycles. The molecule has 0 heterocycles. The van der Waals surface area contributed by atoms with Crippen LogP contribution in [0.2, 0.25) is 0 Å². The highest BCUT2D eigenvalue weighted by Gasteiger charge is 2.05. The van der Waals surface area contributed by atoms with Gasteiger partial charge in [0.1, 0.15) is 0 Å². The van der Waals surface area contributed by atoms with Crippen molar-refractivity contribution < 1.29 is 4.74 Å². The van der Waals surface area contributed by atoms with Crippen molar-refractivity contribution in [2.75, 3.05) is 27.3 Å². The topological polar surface area (TPSA) is 45.7 Å². The smallest absolute Gasteiger partial charge is 0.191 e. The number of ether oxygens (including phenoxy) is 1. The standard InChI is InChI=1S/C12H27N3O/c1-10(2)6-7-11(3)15-12(13-4)14-8-9-16-5/h10-11H,6-9H2,1-5H3,(H2,13,14,15). The number of nitrogens with zero attached hydrogens (tertiary/aromatic N) is 1. The van der Waals surface area contributed by atoms with Gasteiger partial charge in [0.2, 0.25) is 0 Å². The quantitative estimate of drug-likeness (QED) is 0.396. The average Bonchev–Trinajstić information content (AvgIpc) is 2.25. The van der Waals surface area contributed by atoms with Crippen molar-refractivity contribution in [3.05, 3.63) is 0 Å². The number of guanidine groups is 1. The Labute approximate surface area is 99.9 Å². The van der Waals surface area contributed by atoms with Crippen LogP contribution in [0.15, 0.2) is 4.99 Å². The maximum atomic E-state index is 4.98. The molecule has 96 valence electrons. The van der Waals surface area contributed by atoms with Crippen LogP contribution < -0.4 is 10.6 Å². The van der Waals surface area contributed by atoms with E-state index in [1.54, 1.807) is 14.2 Å². The summed E-state index contributed by atoms with van der Waals surface area (Å²) in [5, 5.41) is 6.57. The average molecular weight is 229 g/mol. The van der Waals surface area contributed by atoms with Gasteiger partial charge in [-0.25, -0.2) is 0 Å². The molecule has 2 N–H and O–H groups in total. The molecule has 16 heavy (non-hydrogen) atoms. The second-order valence-electron chi connectivity index (χ2n) is 4.51. The summed E-state index contributed by atoms with van der Waals surface area (Å²) >= 11 is 0. The zero-order valence-corrected chi connectivity index (χ0v) is 11.3. The molecule has 0 fully saturated rings. The lowest BCUT2D eigenvalue weighted by Crippen LogP contribution is -2.43. The first-order valence-electron chi connectivity index (χ1n) is 6.06. The zero-order chi connectivity index (χ0) is 12.4. The first-order valence-corrected chi connectivity index (χ1v) is 6.06. The number of rotatable bonds is 7. The summed E-state index contributed by atoms with van der Waals surface area (Å²) in [6.07, 6.45) is 2.41. The Morgan fingerprint density at radius 2 is 1.94 bits per heavy atom. The fraction of sp³-hybridized carbons (Fsp3) is 0.917. The minimum Gasteiger partial charge on any atom is -0.383 e. The van der Waals surface area contributed by atoms with E-state index in [4.69, 9.17) is 4.74 Å². The van der Waals surface area contributed by atoms with E-state index >= 15 is 0 Å². The molecule has 0 rings (SSSR count). The molecule has 0 bridgehead atoms. The highest BCUT2D eigenvalue weighted by molar-refractivity contribution is 5.79. The van der Waals surface area contributed by atoms with Gasteiger partial charge in [0.15, 0.2) is 5.96 Å². The summed E-state index contributed by atoms with van der Waals surface area (Å²) in [4.78, 5) is 4.17. The van der Waals surface area contributed by atoms with Crippen molar-refractivity contribution >= 4 is 5.96 Å². The second kappa shape index (κ2) is 9.46. The summed E-state index contributed by atoms with van der Waals surface area (Å²) in [7, 11) is 3.49. The molecule has 4 heteroatoms. The second-order valence-corrected chi connectivity index (χ2v) is 4.51. The van der Waals surface area contributed by atoms with Crippen LogP contribution in [0.25, 0.3) is 0 Å². The Balaban J connectivity index is 3.75. The van der Waals surface area contributed by atoms with Crippen molar-refractivity contribution in [3.63, 3.8) is 0 Å². The van der Waals surface area contributed by atoms with Crippen LogP contribution in [0, 0.1) is 5.92 Å². The number of nitrogens with one attached hydrogen (secondary N) is 2. The summed E-state index contributed by atoms with van der Waals surface area (Å²) in [5.41, 5.74) is 0. The Hall–Kier alpha value is -0.770. The Bertz CT molecular complexity index is 193. The van der Waals surface area contributed by atoms with Crippen LogP contribution in [0.3, 0.4) is 0 Å². The van der Waals surface area contributed by atoms with Crippen molar-refractivity contribution in [1.82, 2.24) is 10.6 Å². The van der Waals surface area contributed by atoms with E-state index in [1.807, 2.05) is 0 Å². The zero-order valence-electron chi connectivity index (χ0n) is 11.3. The third-order valence-electron chi connectivity index (χ3n) is 2.38. The molecular weight excluding hydrogens is 202 g/mol. The van der Waals surface area contributed by atoms with Crippen LogP contribution in [0.1, 0.15) is 33.6 Å². The van der Waals surface area contributed by atoms with Gasteiger partial charge < -0.3 is 15.4 Å². The van der Waals surface area contributed by atoms with Crippen LogP contribution >= 0.6 is 0 Å². The van der Waals surface area contributed by atoms with Crippen LogP contribution in [0.5, 0.6) is 0 Å². The number of hydrogen-bond donors (Lipinski definition) is 2. The molecule has 4 nitrogen and oxygen atoms in total. The molecule has 0 aliphatic carbocycles. The van der Waals surface area contributed by atoms with E-state index < -0.39 is 0 Å². The van der Waals surface area contributed by atoms with Gasteiger partial charge in [-0.3, -0.25) is 4.99 Å². The van der Waals surface area contributed by atoms with Crippen molar-refractivity contribution in [3.8, 4) is 0 Å². The van der Waals surface area contributed by atoms with Gasteiger partial charge >= 0.3 is 0 Å². The molecule has 1 atom stereocenters. The van der Waals surface area contributed by atoms with E-state index in [-0.39, 0.29) is 0 Å². The predicted molar refractivity (Wildman–Crippen MR) is 69.9 cm³/mol. The van der Waals surface area contributed by atoms with E-state index in [0.29, 0.717) is 12.6 Å². The van der Waals surface area contributed by atoms with Crippen LogP contribution in [-0.2, 0) is 4.74 Å². The lowest BCUT2D eigenvalue weighted by molar-refractivity contribution is 0.203. The third-order valence-corrected chi connectivity index (χ3v) is 2.38. The lowest BCUT2D eigenvalue weighted by atomic mass is 10.0. The monoisotopic (exact) mass is 229 g/mol. The van der Waals surface area contributed by atoms with E-state index in [9.17, 15) is 0 Å². The van der Waals surface area contributed by atoms with Gasteiger partial charge in [-0.1, -0.05) is 13.8 Å². The summed E-state index contributed by atoms with van der Waals surface area (Å²) < 4.78 is 4.98. The molecule has 0 aliphatic rings. The SMILES string of the molecule is CN=C(NCCOC)NC(C)CCC(C)C.